The molecular formula is C15H24N2O2. The molecule has 19 heavy (non-hydrogen) atoms. The van der Waals surface area contributed by atoms with E-state index in [2.05, 4.69) is 12.2 Å². The lowest BCUT2D eigenvalue weighted by molar-refractivity contribution is -0.119. The summed E-state index contributed by atoms with van der Waals surface area (Å²) in [6.07, 6.45) is 1.81. The van der Waals surface area contributed by atoms with Crippen molar-refractivity contribution in [2.45, 2.75) is 39.7 Å². The molecule has 0 aromatic heterocycles. The summed E-state index contributed by atoms with van der Waals surface area (Å²) < 4.78 is 5.72. The van der Waals surface area contributed by atoms with Crippen LogP contribution in [0.25, 0.3) is 0 Å². The molecule has 1 aromatic carbocycles. The highest BCUT2D eigenvalue weighted by Gasteiger charge is 2.12. The Bertz CT molecular complexity index is 407. The molecule has 2 atom stereocenters. The number of nitrogens with one attached hydrogen (secondary N) is 1. The van der Waals surface area contributed by atoms with E-state index in [4.69, 9.17) is 10.5 Å². The van der Waals surface area contributed by atoms with Gasteiger partial charge in [-0.25, -0.2) is 0 Å². The van der Waals surface area contributed by atoms with Crippen LogP contribution in [0.4, 0.5) is 5.69 Å². The third-order valence-corrected chi connectivity index (χ3v) is 3.06. The molecule has 2 unspecified atom stereocenters. The summed E-state index contributed by atoms with van der Waals surface area (Å²) in [5.41, 5.74) is 6.21. The van der Waals surface area contributed by atoms with Gasteiger partial charge in [0, 0.05) is 17.7 Å². The van der Waals surface area contributed by atoms with Crippen molar-refractivity contribution in [1.29, 1.82) is 0 Å². The lowest BCUT2D eigenvalue weighted by Gasteiger charge is -2.15. The van der Waals surface area contributed by atoms with Gasteiger partial charge in [-0.15, -0.1) is 0 Å². The van der Waals surface area contributed by atoms with Crippen molar-refractivity contribution in [2.75, 3.05) is 11.9 Å². The lowest BCUT2D eigenvalue weighted by atomic mass is 10.1. The van der Waals surface area contributed by atoms with Crippen molar-refractivity contribution in [3.63, 3.8) is 0 Å². The first-order chi connectivity index (χ1) is 9.06. The highest BCUT2D eigenvalue weighted by molar-refractivity contribution is 5.92. The van der Waals surface area contributed by atoms with Gasteiger partial charge >= 0.3 is 0 Å². The van der Waals surface area contributed by atoms with Gasteiger partial charge in [-0.1, -0.05) is 19.9 Å². The Kier molecular flexibility index (Phi) is 6.36. The molecule has 1 aromatic rings. The average Bonchev–Trinajstić information content (AvgIpc) is 2.39. The molecule has 0 fully saturated rings. The van der Waals surface area contributed by atoms with Gasteiger partial charge in [0.15, 0.2) is 0 Å². The Morgan fingerprint density at radius 1 is 1.42 bits per heavy atom. The van der Waals surface area contributed by atoms with E-state index in [-0.39, 0.29) is 17.9 Å². The van der Waals surface area contributed by atoms with Crippen LogP contribution in [0.5, 0.6) is 5.75 Å². The largest absolute Gasteiger partial charge is 0.491 e. The van der Waals surface area contributed by atoms with Crippen LogP contribution in [0.3, 0.4) is 0 Å². The van der Waals surface area contributed by atoms with Crippen molar-refractivity contribution < 1.29 is 9.53 Å². The summed E-state index contributed by atoms with van der Waals surface area (Å²) in [7, 11) is 0. The molecule has 0 aliphatic rings. The molecule has 0 aliphatic carbocycles. The van der Waals surface area contributed by atoms with Gasteiger partial charge in [0.1, 0.15) is 5.75 Å². The zero-order valence-corrected chi connectivity index (χ0v) is 12.0. The van der Waals surface area contributed by atoms with E-state index in [1.54, 1.807) is 0 Å². The van der Waals surface area contributed by atoms with Crippen LogP contribution < -0.4 is 15.8 Å². The maximum absolute atomic E-state index is 11.9. The molecule has 0 bridgehead atoms. The molecular weight excluding hydrogens is 240 g/mol. The minimum absolute atomic E-state index is 0.00820. The highest BCUT2D eigenvalue weighted by atomic mass is 16.5. The molecule has 0 spiro atoms. The second kappa shape index (κ2) is 7.79. The number of carbonyl (C=O) groups is 1. The summed E-state index contributed by atoms with van der Waals surface area (Å²) in [6.45, 7) is 6.49. The fourth-order valence-corrected chi connectivity index (χ4v) is 1.61. The van der Waals surface area contributed by atoms with Crippen molar-refractivity contribution in [1.82, 2.24) is 0 Å². The molecule has 0 radical (unpaired) electrons. The predicted molar refractivity (Wildman–Crippen MR) is 78.3 cm³/mol. The summed E-state index contributed by atoms with van der Waals surface area (Å²) in [5.74, 6) is 0.689. The number of benzene rings is 1. The van der Waals surface area contributed by atoms with Crippen molar-refractivity contribution >= 4 is 11.6 Å². The van der Waals surface area contributed by atoms with Crippen LogP contribution in [0, 0.1) is 5.92 Å². The molecule has 1 amide bonds. The second-order valence-corrected chi connectivity index (χ2v) is 4.83. The number of ether oxygens (including phenoxy) is 1. The van der Waals surface area contributed by atoms with Crippen LogP contribution in [-0.2, 0) is 4.79 Å². The number of hydrogen-bond donors (Lipinski definition) is 2. The Morgan fingerprint density at radius 3 is 2.79 bits per heavy atom. The molecule has 1 rings (SSSR count). The van der Waals surface area contributed by atoms with E-state index >= 15 is 0 Å². The third kappa shape index (κ3) is 5.30. The quantitative estimate of drug-likeness (QED) is 0.796. The fourth-order valence-electron chi connectivity index (χ4n) is 1.61. The molecule has 3 N–H and O–H groups in total. The van der Waals surface area contributed by atoms with Gasteiger partial charge in [-0.2, -0.15) is 0 Å². The van der Waals surface area contributed by atoms with E-state index < -0.39 is 0 Å². The topological polar surface area (TPSA) is 64.3 Å². The van der Waals surface area contributed by atoms with Gasteiger partial charge in [0.05, 0.1) is 6.10 Å². The first kappa shape index (κ1) is 15.5. The zero-order valence-electron chi connectivity index (χ0n) is 12.0. The normalized spacial score (nSPS) is 13.7. The molecule has 0 saturated carbocycles. The number of anilines is 1. The van der Waals surface area contributed by atoms with Crippen LogP contribution in [0.1, 0.15) is 33.6 Å². The Balaban J connectivity index is 2.64. The highest BCUT2D eigenvalue weighted by Crippen LogP contribution is 2.20. The molecule has 4 heteroatoms. The standard InChI is InChI=1S/C15H24N2O2/c1-4-12(3)19-14-7-5-6-13(10-14)17-15(18)11(2)8-9-16/h5-7,10-12H,4,8-9,16H2,1-3H3,(H,17,18). The molecule has 0 saturated heterocycles. The Hall–Kier alpha value is -1.55. The van der Waals surface area contributed by atoms with Crippen molar-refractivity contribution in [3.05, 3.63) is 24.3 Å². The van der Waals surface area contributed by atoms with E-state index in [0.717, 1.165) is 17.9 Å². The van der Waals surface area contributed by atoms with Gasteiger partial charge in [0.25, 0.3) is 0 Å². The van der Waals surface area contributed by atoms with Gasteiger partial charge in [-0.3, -0.25) is 4.79 Å². The van der Waals surface area contributed by atoms with E-state index in [9.17, 15) is 4.79 Å². The summed E-state index contributed by atoms with van der Waals surface area (Å²) in [5, 5.41) is 2.88. The maximum Gasteiger partial charge on any atom is 0.227 e. The average molecular weight is 264 g/mol. The summed E-state index contributed by atoms with van der Waals surface area (Å²) >= 11 is 0. The van der Waals surface area contributed by atoms with Crippen LogP contribution in [0.2, 0.25) is 0 Å². The molecule has 106 valence electrons. The molecule has 0 aliphatic heterocycles. The Labute approximate surface area is 115 Å². The smallest absolute Gasteiger partial charge is 0.227 e. The summed E-state index contributed by atoms with van der Waals surface area (Å²) in [6, 6.07) is 7.47. The number of nitrogens with two attached hydrogens (primary N) is 1. The number of amides is 1. The van der Waals surface area contributed by atoms with E-state index in [1.807, 2.05) is 38.1 Å². The predicted octanol–water partition coefficient (Wildman–Crippen LogP) is 2.79. The first-order valence-corrected chi connectivity index (χ1v) is 6.84. The lowest BCUT2D eigenvalue weighted by Crippen LogP contribution is -2.22. The minimum Gasteiger partial charge on any atom is -0.491 e. The zero-order chi connectivity index (χ0) is 14.3. The van der Waals surface area contributed by atoms with Gasteiger partial charge in [0.2, 0.25) is 5.91 Å². The second-order valence-electron chi connectivity index (χ2n) is 4.83. The number of carbonyl (C=O) groups excluding carboxylic acids is 1. The first-order valence-electron chi connectivity index (χ1n) is 6.84. The van der Waals surface area contributed by atoms with Crippen molar-refractivity contribution in [3.8, 4) is 5.75 Å². The maximum atomic E-state index is 11.9. The Morgan fingerprint density at radius 2 is 2.16 bits per heavy atom. The fraction of sp³-hybridized carbons (Fsp3) is 0.533. The van der Waals surface area contributed by atoms with Crippen LogP contribution >= 0.6 is 0 Å². The minimum atomic E-state index is -0.0795. The number of hydrogen-bond acceptors (Lipinski definition) is 3. The SMILES string of the molecule is CCC(C)Oc1cccc(NC(=O)C(C)CCN)c1. The van der Waals surface area contributed by atoms with Crippen molar-refractivity contribution in [2.24, 2.45) is 11.7 Å². The molecule has 0 heterocycles. The van der Waals surface area contributed by atoms with Gasteiger partial charge < -0.3 is 15.8 Å². The van der Waals surface area contributed by atoms with Crippen LogP contribution in [-0.4, -0.2) is 18.6 Å². The van der Waals surface area contributed by atoms with Crippen LogP contribution in [0.15, 0.2) is 24.3 Å². The summed E-state index contributed by atoms with van der Waals surface area (Å²) in [4.78, 5) is 11.9. The number of rotatable bonds is 7. The molecule has 4 nitrogen and oxygen atoms in total. The van der Waals surface area contributed by atoms with E-state index in [1.165, 1.54) is 0 Å². The van der Waals surface area contributed by atoms with E-state index in [0.29, 0.717) is 13.0 Å². The third-order valence-electron chi connectivity index (χ3n) is 3.06. The monoisotopic (exact) mass is 264 g/mol. The van der Waals surface area contributed by atoms with Gasteiger partial charge in [-0.05, 0) is 38.4 Å².